The number of halogens is 3. The van der Waals surface area contributed by atoms with Gasteiger partial charge in [0.05, 0.1) is 19.8 Å². The van der Waals surface area contributed by atoms with Crippen molar-refractivity contribution in [1.82, 2.24) is 0 Å². The summed E-state index contributed by atoms with van der Waals surface area (Å²) in [6.07, 6.45) is -0.702. The Balaban J connectivity index is 2.38. The molecule has 0 saturated carbocycles. The highest BCUT2D eigenvalue weighted by molar-refractivity contribution is 5.87. The van der Waals surface area contributed by atoms with Crippen molar-refractivity contribution in [2.24, 2.45) is 0 Å². The molecule has 0 aliphatic carbocycles. The second-order valence-corrected chi connectivity index (χ2v) is 8.62. The van der Waals surface area contributed by atoms with Gasteiger partial charge in [0.25, 0.3) is 0 Å². The molecule has 0 saturated heterocycles. The van der Waals surface area contributed by atoms with Gasteiger partial charge < -0.3 is 9.47 Å². The first-order chi connectivity index (χ1) is 16.2. The van der Waals surface area contributed by atoms with E-state index in [1.165, 1.54) is 17.7 Å². The van der Waals surface area contributed by atoms with Crippen molar-refractivity contribution in [3.05, 3.63) is 70.3 Å². The van der Waals surface area contributed by atoms with Crippen LogP contribution in [0.1, 0.15) is 54.5 Å². The molecule has 0 fully saturated rings. The van der Waals surface area contributed by atoms with Crippen molar-refractivity contribution in [3.8, 4) is 33.8 Å². The van der Waals surface area contributed by atoms with Crippen LogP contribution in [0.15, 0.2) is 42.5 Å². The molecule has 2 nitrogen and oxygen atoms in total. The number of ether oxygens (including phenoxy) is 2. The number of aryl methyl sites for hydroxylation is 2. The Morgan fingerprint density at radius 2 is 1.21 bits per heavy atom. The Morgan fingerprint density at radius 1 is 0.676 bits per heavy atom. The molecule has 0 aromatic heterocycles. The summed E-state index contributed by atoms with van der Waals surface area (Å²) in [4.78, 5) is 0. The fourth-order valence-electron chi connectivity index (χ4n) is 4.84. The van der Waals surface area contributed by atoms with Crippen LogP contribution in [0, 0.1) is 13.8 Å². The lowest BCUT2D eigenvalue weighted by Gasteiger charge is -2.24. The van der Waals surface area contributed by atoms with Gasteiger partial charge in [-0.15, -0.1) is 0 Å². The molecule has 0 atom stereocenters. The smallest absolute Gasteiger partial charge is 0.416 e. The molecule has 0 aliphatic rings. The van der Waals surface area contributed by atoms with Gasteiger partial charge in [0, 0.05) is 11.1 Å². The van der Waals surface area contributed by atoms with Gasteiger partial charge in [-0.3, -0.25) is 0 Å². The summed E-state index contributed by atoms with van der Waals surface area (Å²) in [5.74, 6) is 1.52. The number of methoxy groups -OCH3 is 2. The van der Waals surface area contributed by atoms with Crippen LogP contribution in [0.5, 0.6) is 11.5 Å². The lowest BCUT2D eigenvalue weighted by molar-refractivity contribution is -0.137. The first kappa shape index (κ1) is 25.7. The standard InChI is InChI=1S/C29H33F3O2/c1-7-9-21-17-22(10-8-2)27(28-18(3)24(33-5)15-16-25(28)34-6)19(4)26(21)20-11-13-23(14-12-20)29(30,31)32/h11-17H,7-10H2,1-6H3. The fraction of sp³-hybridized carbons (Fsp3) is 0.379. The van der Waals surface area contributed by atoms with E-state index in [2.05, 4.69) is 26.8 Å². The van der Waals surface area contributed by atoms with Gasteiger partial charge in [-0.25, -0.2) is 0 Å². The fourth-order valence-corrected chi connectivity index (χ4v) is 4.84. The summed E-state index contributed by atoms with van der Waals surface area (Å²) < 4.78 is 51.0. The van der Waals surface area contributed by atoms with Crippen LogP contribution in [0.4, 0.5) is 13.2 Å². The number of benzene rings is 3. The number of hydrogen-bond acceptors (Lipinski definition) is 2. The van der Waals surface area contributed by atoms with Gasteiger partial charge in [0.2, 0.25) is 0 Å². The van der Waals surface area contributed by atoms with Crippen molar-refractivity contribution < 1.29 is 22.6 Å². The normalized spacial score (nSPS) is 11.6. The lowest BCUT2D eigenvalue weighted by atomic mass is 9.81. The first-order valence-corrected chi connectivity index (χ1v) is 11.7. The van der Waals surface area contributed by atoms with Crippen LogP contribution in [0.3, 0.4) is 0 Å². The first-order valence-electron chi connectivity index (χ1n) is 11.7. The van der Waals surface area contributed by atoms with Gasteiger partial charge in [-0.1, -0.05) is 44.9 Å². The summed E-state index contributed by atoms with van der Waals surface area (Å²) in [7, 11) is 3.30. The van der Waals surface area contributed by atoms with E-state index in [0.717, 1.165) is 76.1 Å². The third kappa shape index (κ3) is 4.94. The van der Waals surface area contributed by atoms with E-state index in [4.69, 9.17) is 9.47 Å². The molecule has 0 N–H and O–H groups in total. The van der Waals surface area contributed by atoms with E-state index in [-0.39, 0.29) is 0 Å². The summed E-state index contributed by atoms with van der Waals surface area (Å²) in [6, 6.07) is 11.6. The Hall–Kier alpha value is -2.95. The summed E-state index contributed by atoms with van der Waals surface area (Å²) in [6.45, 7) is 8.36. The van der Waals surface area contributed by atoms with E-state index >= 15 is 0 Å². The largest absolute Gasteiger partial charge is 0.496 e. The SMILES string of the molecule is CCCc1cc(CCC)c(-c2c(OC)ccc(OC)c2C)c(C)c1-c1ccc(C(F)(F)F)cc1. The summed E-state index contributed by atoms with van der Waals surface area (Å²) >= 11 is 0. The second-order valence-electron chi connectivity index (χ2n) is 8.62. The van der Waals surface area contributed by atoms with E-state index in [1.807, 2.05) is 19.1 Å². The molecule has 34 heavy (non-hydrogen) atoms. The quantitative estimate of drug-likeness (QED) is 0.328. The molecule has 0 aliphatic heterocycles. The minimum atomic E-state index is -4.36. The van der Waals surface area contributed by atoms with E-state index in [1.54, 1.807) is 26.4 Å². The van der Waals surface area contributed by atoms with Crippen LogP contribution >= 0.6 is 0 Å². The average Bonchev–Trinajstić information content (AvgIpc) is 2.80. The maximum Gasteiger partial charge on any atom is 0.416 e. The lowest BCUT2D eigenvalue weighted by Crippen LogP contribution is -2.06. The predicted octanol–water partition coefficient (Wildman–Crippen LogP) is 8.58. The molecular weight excluding hydrogens is 437 g/mol. The van der Waals surface area contributed by atoms with Gasteiger partial charge in [-0.2, -0.15) is 13.2 Å². The molecule has 3 aromatic rings. The van der Waals surface area contributed by atoms with Gasteiger partial charge in [0.1, 0.15) is 11.5 Å². The second kappa shape index (κ2) is 10.5. The van der Waals surface area contributed by atoms with Crippen molar-refractivity contribution in [2.75, 3.05) is 14.2 Å². The van der Waals surface area contributed by atoms with Crippen molar-refractivity contribution in [3.63, 3.8) is 0 Å². The Labute approximate surface area is 200 Å². The van der Waals surface area contributed by atoms with Crippen LogP contribution in [0.2, 0.25) is 0 Å². The van der Waals surface area contributed by atoms with Crippen LogP contribution in [0.25, 0.3) is 22.3 Å². The molecule has 0 radical (unpaired) electrons. The van der Waals surface area contributed by atoms with Crippen molar-refractivity contribution >= 4 is 0 Å². The minimum absolute atomic E-state index is 0.640. The minimum Gasteiger partial charge on any atom is -0.496 e. The number of rotatable bonds is 8. The number of hydrogen-bond donors (Lipinski definition) is 0. The van der Waals surface area contributed by atoms with Gasteiger partial charge >= 0.3 is 6.18 Å². The Kier molecular flexibility index (Phi) is 7.96. The zero-order valence-corrected chi connectivity index (χ0v) is 20.8. The topological polar surface area (TPSA) is 18.5 Å². The number of alkyl halides is 3. The molecule has 0 bridgehead atoms. The maximum absolute atomic E-state index is 13.2. The van der Waals surface area contributed by atoms with Crippen LogP contribution < -0.4 is 9.47 Å². The molecule has 5 heteroatoms. The highest BCUT2D eigenvalue weighted by Crippen LogP contribution is 2.45. The van der Waals surface area contributed by atoms with E-state index in [0.29, 0.717) is 0 Å². The molecule has 3 rings (SSSR count). The summed E-state index contributed by atoms with van der Waals surface area (Å²) in [5.41, 5.74) is 7.59. The highest BCUT2D eigenvalue weighted by atomic mass is 19.4. The molecule has 182 valence electrons. The monoisotopic (exact) mass is 470 g/mol. The van der Waals surface area contributed by atoms with E-state index < -0.39 is 11.7 Å². The van der Waals surface area contributed by atoms with Gasteiger partial charge in [0.15, 0.2) is 0 Å². The molecule has 0 heterocycles. The van der Waals surface area contributed by atoms with Crippen molar-refractivity contribution in [1.29, 1.82) is 0 Å². The molecule has 0 unspecified atom stereocenters. The third-order valence-corrected chi connectivity index (χ3v) is 6.35. The van der Waals surface area contributed by atoms with E-state index in [9.17, 15) is 13.2 Å². The molecule has 0 spiro atoms. The Morgan fingerprint density at radius 3 is 1.71 bits per heavy atom. The Bertz CT molecular complexity index is 1150. The molecular formula is C29H33F3O2. The zero-order valence-electron chi connectivity index (χ0n) is 20.8. The maximum atomic E-state index is 13.2. The predicted molar refractivity (Wildman–Crippen MR) is 133 cm³/mol. The summed E-state index contributed by atoms with van der Waals surface area (Å²) in [5, 5.41) is 0. The molecule has 0 amide bonds. The zero-order chi connectivity index (χ0) is 25.0. The van der Waals surface area contributed by atoms with Gasteiger partial charge in [-0.05, 0) is 84.3 Å². The molecule has 3 aromatic carbocycles. The highest BCUT2D eigenvalue weighted by Gasteiger charge is 2.30. The van der Waals surface area contributed by atoms with Crippen LogP contribution in [-0.2, 0) is 19.0 Å². The van der Waals surface area contributed by atoms with Crippen molar-refractivity contribution in [2.45, 2.75) is 59.6 Å². The van der Waals surface area contributed by atoms with Crippen LogP contribution in [-0.4, -0.2) is 14.2 Å². The average molecular weight is 471 g/mol. The third-order valence-electron chi connectivity index (χ3n) is 6.35.